The van der Waals surface area contributed by atoms with Crippen molar-refractivity contribution in [3.05, 3.63) is 23.3 Å². The Morgan fingerprint density at radius 3 is 2.69 bits per heavy atom. The van der Waals surface area contributed by atoms with Crippen molar-refractivity contribution in [2.45, 2.75) is 18.2 Å². The van der Waals surface area contributed by atoms with Crippen molar-refractivity contribution >= 4 is 25.5 Å². The van der Waals surface area contributed by atoms with Gasteiger partial charge in [0, 0.05) is 17.1 Å². The molecule has 0 radical (unpaired) electrons. The van der Waals surface area contributed by atoms with Crippen LogP contribution in [0, 0.1) is 6.92 Å². The van der Waals surface area contributed by atoms with Crippen LogP contribution in [0.15, 0.2) is 17.0 Å². The second kappa shape index (κ2) is 3.75. The van der Waals surface area contributed by atoms with Gasteiger partial charge in [0.05, 0.1) is 12.2 Å². The Balaban J connectivity index is 2.77. The Bertz CT molecular complexity index is 562. The molecule has 0 atom stereocenters. The normalized spacial score (nSPS) is 15.5. The topological polar surface area (TPSA) is 60.4 Å². The van der Waals surface area contributed by atoms with E-state index >= 15 is 0 Å². The molecule has 0 unspecified atom stereocenters. The van der Waals surface area contributed by atoms with E-state index in [0.717, 1.165) is 0 Å². The molecule has 2 rings (SSSR count). The number of aryl methyl sites for hydroxylation is 1. The van der Waals surface area contributed by atoms with Crippen LogP contribution in [0.25, 0.3) is 0 Å². The summed E-state index contributed by atoms with van der Waals surface area (Å²) >= 11 is 0. The van der Waals surface area contributed by atoms with Gasteiger partial charge in [-0.25, -0.2) is 8.42 Å². The molecular weight excluding hydrogens is 252 g/mol. The van der Waals surface area contributed by atoms with Gasteiger partial charge in [-0.15, -0.1) is 0 Å². The van der Waals surface area contributed by atoms with Gasteiger partial charge in [0.25, 0.3) is 9.05 Å². The highest BCUT2D eigenvalue weighted by Gasteiger charge is 2.27. The molecule has 16 heavy (non-hydrogen) atoms. The van der Waals surface area contributed by atoms with Gasteiger partial charge in [0.1, 0.15) is 10.6 Å². The lowest BCUT2D eigenvalue weighted by molar-refractivity contribution is 0.0931. The molecule has 0 aliphatic carbocycles. The van der Waals surface area contributed by atoms with Gasteiger partial charge in [-0.2, -0.15) is 0 Å². The molecule has 0 aromatic heterocycles. The molecule has 0 spiro atoms. The van der Waals surface area contributed by atoms with Crippen molar-refractivity contribution in [3.8, 4) is 5.75 Å². The summed E-state index contributed by atoms with van der Waals surface area (Å²) in [6, 6.07) is 3.02. The minimum absolute atomic E-state index is 0.0804. The summed E-state index contributed by atoms with van der Waals surface area (Å²) in [5.41, 5.74) is 0.960. The third kappa shape index (κ3) is 1.92. The number of carbonyl (C=O) groups is 1. The van der Waals surface area contributed by atoms with Crippen molar-refractivity contribution in [2.24, 2.45) is 0 Å². The minimum Gasteiger partial charge on any atom is -0.491 e. The van der Waals surface area contributed by atoms with Gasteiger partial charge in [0.2, 0.25) is 0 Å². The van der Waals surface area contributed by atoms with Crippen LogP contribution in [0.4, 0.5) is 0 Å². The van der Waals surface area contributed by atoms with Gasteiger partial charge in [-0.1, -0.05) is 0 Å². The average molecular weight is 261 g/mol. The van der Waals surface area contributed by atoms with Crippen LogP contribution >= 0.6 is 10.7 Å². The van der Waals surface area contributed by atoms with Crippen LogP contribution in [-0.2, 0) is 9.05 Å². The molecule has 0 N–H and O–H groups in total. The van der Waals surface area contributed by atoms with E-state index in [9.17, 15) is 13.2 Å². The second-order valence-corrected chi connectivity index (χ2v) is 6.13. The number of ether oxygens (including phenoxy) is 1. The Morgan fingerprint density at radius 1 is 1.38 bits per heavy atom. The lowest BCUT2D eigenvalue weighted by Crippen LogP contribution is -2.17. The summed E-state index contributed by atoms with van der Waals surface area (Å²) in [5.74, 6) is -0.0385. The first kappa shape index (κ1) is 11.4. The van der Waals surface area contributed by atoms with Gasteiger partial charge in [0.15, 0.2) is 5.78 Å². The monoisotopic (exact) mass is 260 g/mol. The molecule has 0 saturated carbocycles. The van der Waals surface area contributed by atoms with Gasteiger partial charge in [-0.3, -0.25) is 4.79 Å². The van der Waals surface area contributed by atoms with Crippen LogP contribution in [-0.4, -0.2) is 20.8 Å². The van der Waals surface area contributed by atoms with E-state index in [1.165, 1.54) is 6.07 Å². The van der Waals surface area contributed by atoms with E-state index in [0.29, 0.717) is 11.1 Å². The van der Waals surface area contributed by atoms with Crippen molar-refractivity contribution in [3.63, 3.8) is 0 Å². The van der Waals surface area contributed by atoms with E-state index in [2.05, 4.69) is 0 Å². The number of rotatable bonds is 1. The number of Topliss-reactive ketones (excluding diaryl/α,β-unsaturated/α-hetero) is 1. The van der Waals surface area contributed by atoms with Gasteiger partial charge in [-0.05, 0) is 24.6 Å². The predicted molar refractivity (Wildman–Crippen MR) is 58.7 cm³/mol. The molecule has 4 nitrogen and oxygen atoms in total. The maximum Gasteiger partial charge on any atom is 0.265 e. The van der Waals surface area contributed by atoms with E-state index in [-0.39, 0.29) is 29.5 Å². The van der Waals surface area contributed by atoms with Crippen LogP contribution in [0.3, 0.4) is 0 Å². The average Bonchev–Trinajstić information content (AvgIpc) is 2.17. The number of hydrogen-bond donors (Lipinski definition) is 0. The number of carbonyl (C=O) groups excluding carboxylic acids is 1. The van der Waals surface area contributed by atoms with Crippen LogP contribution < -0.4 is 4.74 Å². The number of halogens is 1. The fourth-order valence-corrected chi connectivity index (χ4v) is 2.72. The predicted octanol–water partition coefficient (Wildman–Crippen LogP) is 1.89. The van der Waals surface area contributed by atoms with Gasteiger partial charge < -0.3 is 4.74 Å². The third-order valence-corrected chi connectivity index (χ3v) is 3.67. The first-order valence-corrected chi connectivity index (χ1v) is 6.96. The maximum atomic E-state index is 11.6. The summed E-state index contributed by atoms with van der Waals surface area (Å²) in [5, 5.41) is 0. The number of fused-ring (bicyclic) bond motifs is 1. The molecule has 1 aliphatic heterocycles. The van der Waals surface area contributed by atoms with Crippen molar-refractivity contribution < 1.29 is 17.9 Å². The molecule has 1 aromatic carbocycles. The third-order valence-electron chi connectivity index (χ3n) is 2.34. The zero-order valence-electron chi connectivity index (χ0n) is 8.49. The highest BCUT2D eigenvalue weighted by molar-refractivity contribution is 8.13. The van der Waals surface area contributed by atoms with Crippen molar-refractivity contribution in [2.75, 3.05) is 6.61 Å². The zero-order valence-corrected chi connectivity index (χ0v) is 10.1. The standard InChI is InChI=1S/C10H9ClO4S/c1-6-4-7-8(12)2-3-15-10(7)9(5-6)16(11,13)14/h4-5H,2-3H2,1H3. The molecule has 0 fully saturated rings. The molecule has 0 amide bonds. The summed E-state index contributed by atoms with van der Waals surface area (Å²) in [4.78, 5) is 11.5. The smallest absolute Gasteiger partial charge is 0.265 e. The Morgan fingerprint density at radius 2 is 2.06 bits per heavy atom. The molecule has 6 heteroatoms. The Labute approximate surface area is 97.6 Å². The number of hydrogen-bond acceptors (Lipinski definition) is 4. The molecule has 0 bridgehead atoms. The molecule has 1 heterocycles. The summed E-state index contributed by atoms with van der Waals surface area (Å²) < 4.78 is 27.9. The second-order valence-electron chi connectivity index (χ2n) is 3.60. The van der Waals surface area contributed by atoms with Gasteiger partial charge >= 0.3 is 0 Å². The quantitative estimate of drug-likeness (QED) is 0.724. The Hall–Kier alpha value is -1.07. The van der Waals surface area contributed by atoms with E-state index in [4.69, 9.17) is 15.4 Å². The largest absolute Gasteiger partial charge is 0.491 e. The molecule has 1 aromatic rings. The van der Waals surface area contributed by atoms with Crippen LogP contribution in [0.5, 0.6) is 5.75 Å². The van der Waals surface area contributed by atoms with Crippen molar-refractivity contribution in [1.29, 1.82) is 0 Å². The first-order chi connectivity index (χ1) is 7.39. The lowest BCUT2D eigenvalue weighted by atomic mass is 10.0. The summed E-state index contributed by atoms with van der Waals surface area (Å²) in [6.45, 7) is 1.89. The molecule has 0 saturated heterocycles. The van der Waals surface area contributed by atoms with Crippen LogP contribution in [0.1, 0.15) is 22.3 Å². The lowest BCUT2D eigenvalue weighted by Gasteiger charge is -2.18. The summed E-state index contributed by atoms with van der Waals surface area (Å²) in [6.07, 6.45) is 0.262. The van der Waals surface area contributed by atoms with Crippen molar-refractivity contribution in [1.82, 2.24) is 0 Å². The SMILES string of the molecule is Cc1cc2c(c(S(=O)(=O)Cl)c1)OCCC2=O. The van der Waals surface area contributed by atoms with E-state index in [1.807, 2.05) is 0 Å². The maximum absolute atomic E-state index is 11.6. The van der Waals surface area contributed by atoms with E-state index in [1.54, 1.807) is 13.0 Å². The molecular formula is C10H9ClO4S. The number of ketones is 1. The number of benzene rings is 1. The molecule has 86 valence electrons. The molecule has 1 aliphatic rings. The minimum atomic E-state index is -3.90. The fourth-order valence-electron chi connectivity index (χ4n) is 1.66. The summed E-state index contributed by atoms with van der Waals surface area (Å²) in [7, 11) is 1.40. The fraction of sp³-hybridized carbons (Fsp3) is 0.300. The Kier molecular flexibility index (Phi) is 2.67. The zero-order chi connectivity index (χ0) is 11.9. The first-order valence-electron chi connectivity index (χ1n) is 4.65. The van der Waals surface area contributed by atoms with E-state index < -0.39 is 9.05 Å². The highest BCUT2D eigenvalue weighted by atomic mass is 35.7. The highest BCUT2D eigenvalue weighted by Crippen LogP contribution is 2.35. The van der Waals surface area contributed by atoms with Crippen LogP contribution in [0.2, 0.25) is 0 Å².